The van der Waals surface area contributed by atoms with Gasteiger partial charge in [0.05, 0.1) is 16.6 Å². The molecule has 1 aromatic heterocycles. The van der Waals surface area contributed by atoms with E-state index in [0.717, 1.165) is 6.07 Å². The van der Waals surface area contributed by atoms with E-state index in [9.17, 15) is 19.2 Å². The van der Waals surface area contributed by atoms with Gasteiger partial charge in [0.1, 0.15) is 5.56 Å². The van der Waals surface area contributed by atoms with Crippen molar-refractivity contribution in [3.63, 3.8) is 0 Å². The molecule has 0 aliphatic rings. The van der Waals surface area contributed by atoms with Gasteiger partial charge in [-0.3, -0.25) is 4.79 Å². The fourth-order valence-electron chi connectivity index (χ4n) is 1.95. The maximum absolute atomic E-state index is 11.6. The molecule has 8 nitrogen and oxygen atoms in total. The average molecular weight is 277 g/mol. The van der Waals surface area contributed by atoms with Gasteiger partial charge in [0.15, 0.2) is 0 Å². The maximum atomic E-state index is 11.6. The standard InChI is InChI=1S/C12H7NO7/c14-9-8(12(19)20)7(11(17)18)6-4(10(15)16)2-1-3-5(6)13-9/h1-3H,(H,13,14)(H,15,16)(H,17,18)(H,19,20). The van der Waals surface area contributed by atoms with E-state index >= 15 is 0 Å². The van der Waals surface area contributed by atoms with Gasteiger partial charge in [-0.2, -0.15) is 0 Å². The van der Waals surface area contributed by atoms with Crippen LogP contribution >= 0.6 is 0 Å². The molecule has 0 fully saturated rings. The molecular formula is C12H7NO7. The van der Waals surface area contributed by atoms with Crippen LogP contribution < -0.4 is 5.56 Å². The van der Waals surface area contributed by atoms with Crippen molar-refractivity contribution in [1.29, 1.82) is 0 Å². The van der Waals surface area contributed by atoms with E-state index in [1.54, 1.807) is 0 Å². The molecule has 0 unspecified atom stereocenters. The van der Waals surface area contributed by atoms with E-state index in [4.69, 9.17) is 15.3 Å². The minimum atomic E-state index is -1.74. The van der Waals surface area contributed by atoms with Gasteiger partial charge in [-0.05, 0) is 12.1 Å². The summed E-state index contributed by atoms with van der Waals surface area (Å²) in [5.41, 5.74) is -3.41. The molecule has 0 spiro atoms. The monoisotopic (exact) mass is 277 g/mol. The average Bonchev–Trinajstić information content (AvgIpc) is 2.35. The molecule has 0 amide bonds. The van der Waals surface area contributed by atoms with Crippen LogP contribution in [-0.4, -0.2) is 38.2 Å². The first-order chi connectivity index (χ1) is 9.34. The smallest absolute Gasteiger partial charge is 0.342 e. The van der Waals surface area contributed by atoms with Crippen molar-refractivity contribution in [1.82, 2.24) is 4.98 Å². The number of fused-ring (bicyclic) bond motifs is 1. The first-order valence-electron chi connectivity index (χ1n) is 5.23. The number of H-pyrrole nitrogens is 1. The molecule has 1 aromatic carbocycles. The van der Waals surface area contributed by atoms with Crippen LogP contribution in [0.15, 0.2) is 23.0 Å². The van der Waals surface area contributed by atoms with Crippen molar-refractivity contribution in [2.24, 2.45) is 0 Å². The predicted octanol–water partition coefficient (Wildman–Crippen LogP) is 0.623. The number of aromatic carboxylic acids is 3. The summed E-state index contributed by atoms with van der Waals surface area (Å²) in [4.78, 5) is 47.2. The number of carbonyl (C=O) groups is 3. The molecule has 0 radical (unpaired) electrons. The van der Waals surface area contributed by atoms with Crippen molar-refractivity contribution in [2.75, 3.05) is 0 Å². The van der Waals surface area contributed by atoms with Crippen LogP contribution in [0.25, 0.3) is 10.9 Å². The number of rotatable bonds is 3. The van der Waals surface area contributed by atoms with Gasteiger partial charge in [-0.15, -0.1) is 0 Å². The van der Waals surface area contributed by atoms with E-state index in [1.807, 2.05) is 0 Å². The molecule has 0 aliphatic heterocycles. The molecule has 4 N–H and O–H groups in total. The van der Waals surface area contributed by atoms with Gasteiger partial charge >= 0.3 is 17.9 Å². The maximum Gasteiger partial charge on any atom is 0.342 e. The molecule has 2 aromatic rings. The van der Waals surface area contributed by atoms with Gasteiger partial charge in [0.2, 0.25) is 0 Å². The van der Waals surface area contributed by atoms with Crippen LogP contribution in [0.4, 0.5) is 0 Å². The number of aromatic amines is 1. The molecule has 2 rings (SSSR count). The zero-order valence-corrected chi connectivity index (χ0v) is 9.71. The van der Waals surface area contributed by atoms with Crippen LogP contribution in [0.2, 0.25) is 0 Å². The van der Waals surface area contributed by atoms with Crippen LogP contribution in [0, 0.1) is 0 Å². The Balaban J connectivity index is 3.15. The van der Waals surface area contributed by atoms with Crippen molar-refractivity contribution in [3.8, 4) is 0 Å². The third-order valence-electron chi connectivity index (χ3n) is 2.70. The zero-order chi connectivity index (χ0) is 15.0. The fraction of sp³-hybridized carbons (Fsp3) is 0. The molecule has 102 valence electrons. The Morgan fingerprint density at radius 3 is 2.00 bits per heavy atom. The molecule has 0 saturated heterocycles. The Hall–Kier alpha value is -3.16. The number of hydrogen-bond acceptors (Lipinski definition) is 4. The van der Waals surface area contributed by atoms with Crippen LogP contribution in [0.5, 0.6) is 0 Å². The Morgan fingerprint density at radius 2 is 1.50 bits per heavy atom. The van der Waals surface area contributed by atoms with Crippen LogP contribution in [0.1, 0.15) is 31.1 Å². The highest BCUT2D eigenvalue weighted by Crippen LogP contribution is 2.23. The van der Waals surface area contributed by atoms with Crippen molar-refractivity contribution in [2.45, 2.75) is 0 Å². The lowest BCUT2D eigenvalue weighted by Crippen LogP contribution is -2.24. The lowest BCUT2D eigenvalue weighted by atomic mass is 9.99. The number of hydrogen-bond donors (Lipinski definition) is 4. The normalized spacial score (nSPS) is 10.4. The highest BCUT2D eigenvalue weighted by Gasteiger charge is 2.26. The number of nitrogens with one attached hydrogen (secondary N) is 1. The molecule has 8 heteroatoms. The summed E-state index contributed by atoms with van der Waals surface area (Å²) in [7, 11) is 0. The first-order valence-corrected chi connectivity index (χ1v) is 5.23. The van der Waals surface area contributed by atoms with Gasteiger partial charge in [0, 0.05) is 5.39 Å². The lowest BCUT2D eigenvalue weighted by Gasteiger charge is -2.08. The highest BCUT2D eigenvalue weighted by molar-refractivity contribution is 6.16. The van der Waals surface area contributed by atoms with Crippen LogP contribution in [-0.2, 0) is 0 Å². The minimum absolute atomic E-state index is 0.0581. The van der Waals surface area contributed by atoms with Crippen LogP contribution in [0.3, 0.4) is 0 Å². The summed E-state index contributed by atoms with van der Waals surface area (Å²) in [5.74, 6) is -4.86. The van der Waals surface area contributed by atoms with E-state index in [2.05, 4.69) is 4.98 Å². The second-order valence-corrected chi connectivity index (χ2v) is 3.85. The summed E-state index contributed by atoms with van der Waals surface area (Å²) in [5, 5.41) is 26.8. The minimum Gasteiger partial charge on any atom is -0.478 e. The molecular weight excluding hydrogens is 270 g/mol. The van der Waals surface area contributed by atoms with E-state index in [1.165, 1.54) is 12.1 Å². The second kappa shape index (κ2) is 4.50. The number of carboxylic acid groups (broad SMARTS) is 3. The van der Waals surface area contributed by atoms with Gasteiger partial charge in [-0.25, -0.2) is 14.4 Å². The van der Waals surface area contributed by atoms with Crippen molar-refractivity contribution >= 4 is 28.8 Å². The van der Waals surface area contributed by atoms with Gasteiger partial charge in [0.25, 0.3) is 5.56 Å². The van der Waals surface area contributed by atoms with E-state index in [0.29, 0.717) is 0 Å². The third-order valence-corrected chi connectivity index (χ3v) is 2.70. The van der Waals surface area contributed by atoms with Gasteiger partial charge < -0.3 is 20.3 Å². The quantitative estimate of drug-likeness (QED) is 0.643. The van der Waals surface area contributed by atoms with Crippen molar-refractivity contribution < 1.29 is 29.7 Å². The number of carboxylic acids is 3. The Morgan fingerprint density at radius 1 is 0.900 bits per heavy atom. The topological polar surface area (TPSA) is 145 Å². The number of benzene rings is 1. The molecule has 0 saturated carbocycles. The molecule has 20 heavy (non-hydrogen) atoms. The zero-order valence-electron chi connectivity index (χ0n) is 9.71. The first kappa shape index (κ1) is 13.3. The molecule has 0 bridgehead atoms. The lowest BCUT2D eigenvalue weighted by molar-refractivity contribution is 0.0650. The summed E-state index contributed by atoms with van der Waals surface area (Å²) in [6.45, 7) is 0. The Bertz CT molecular complexity index is 818. The summed E-state index contributed by atoms with van der Waals surface area (Å²) in [6, 6.07) is 3.73. The summed E-state index contributed by atoms with van der Waals surface area (Å²) >= 11 is 0. The number of pyridine rings is 1. The molecule has 0 atom stereocenters. The molecule has 0 aliphatic carbocycles. The van der Waals surface area contributed by atoms with Crippen molar-refractivity contribution in [3.05, 3.63) is 45.2 Å². The Kier molecular flexibility index (Phi) is 2.99. The summed E-state index contributed by atoms with van der Waals surface area (Å²) in [6.07, 6.45) is 0. The third kappa shape index (κ3) is 1.88. The highest BCUT2D eigenvalue weighted by atomic mass is 16.4. The van der Waals surface area contributed by atoms with E-state index < -0.39 is 40.2 Å². The fourth-order valence-corrected chi connectivity index (χ4v) is 1.95. The van der Waals surface area contributed by atoms with E-state index in [-0.39, 0.29) is 10.9 Å². The molecule has 1 heterocycles. The number of aromatic nitrogens is 1. The van der Waals surface area contributed by atoms with Gasteiger partial charge in [-0.1, -0.05) is 6.07 Å². The SMILES string of the molecule is O=C(O)c1c(C(=O)O)c2c(C(=O)O)cccc2[nH]c1=O. The second-order valence-electron chi connectivity index (χ2n) is 3.85. The predicted molar refractivity (Wildman–Crippen MR) is 65.4 cm³/mol. The largest absolute Gasteiger partial charge is 0.478 e. The summed E-state index contributed by atoms with van der Waals surface area (Å²) < 4.78 is 0. The Labute approximate surface area is 109 Å².